The summed E-state index contributed by atoms with van der Waals surface area (Å²) in [5, 5.41) is 0. The molecule has 0 aromatic carbocycles. The SMILES string of the molecule is CC1CC(C)CN(C(=O)C2CC(=O)N(C3CCCC3)C2)C1. The van der Waals surface area contributed by atoms with Crippen LogP contribution in [0.15, 0.2) is 0 Å². The monoisotopic (exact) mass is 292 g/mol. The van der Waals surface area contributed by atoms with E-state index in [0.717, 1.165) is 25.9 Å². The molecular weight excluding hydrogens is 264 g/mol. The molecule has 0 aromatic rings. The minimum absolute atomic E-state index is 0.0874. The standard InChI is InChI=1S/C17H28N2O2/c1-12-7-13(2)10-18(9-12)17(21)14-8-16(20)19(11-14)15-5-3-4-6-15/h12-15H,3-11H2,1-2H3. The van der Waals surface area contributed by atoms with Crippen LogP contribution in [-0.2, 0) is 9.59 Å². The van der Waals surface area contributed by atoms with Crippen LogP contribution in [0.25, 0.3) is 0 Å². The van der Waals surface area contributed by atoms with Gasteiger partial charge in [0.25, 0.3) is 0 Å². The second-order valence-corrected chi connectivity index (χ2v) is 7.57. The average molecular weight is 292 g/mol. The van der Waals surface area contributed by atoms with E-state index in [-0.39, 0.29) is 17.7 Å². The van der Waals surface area contributed by atoms with Gasteiger partial charge in [0, 0.05) is 32.1 Å². The Labute approximate surface area is 127 Å². The predicted molar refractivity (Wildman–Crippen MR) is 81.6 cm³/mol. The summed E-state index contributed by atoms with van der Waals surface area (Å²) >= 11 is 0. The van der Waals surface area contributed by atoms with Gasteiger partial charge in [-0.05, 0) is 31.1 Å². The van der Waals surface area contributed by atoms with Crippen molar-refractivity contribution >= 4 is 11.8 Å². The number of likely N-dealkylation sites (tertiary alicyclic amines) is 2. The Hall–Kier alpha value is -1.06. The first-order chi connectivity index (χ1) is 10.0. The van der Waals surface area contributed by atoms with Crippen LogP contribution >= 0.6 is 0 Å². The lowest BCUT2D eigenvalue weighted by atomic mass is 9.91. The molecular formula is C17H28N2O2. The van der Waals surface area contributed by atoms with E-state index >= 15 is 0 Å². The summed E-state index contributed by atoms with van der Waals surface area (Å²) in [5.41, 5.74) is 0. The zero-order valence-corrected chi connectivity index (χ0v) is 13.4. The Morgan fingerprint density at radius 2 is 1.67 bits per heavy atom. The quantitative estimate of drug-likeness (QED) is 0.783. The van der Waals surface area contributed by atoms with Gasteiger partial charge in [-0.15, -0.1) is 0 Å². The van der Waals surface area contributed by atoms with Crippen molar-refractivity contribution in [2.75, 3.05) is 19.6 Å². The fourth-order valence-electron chi connectivity index (χ4n) is 4.57. The predicted octanol–water partition coefficient (Wildman–Crippen LogP) is 2.28. The van der Waals surface area contributed by atoms with Crippen LogP contribution in [0.1, 0.15) is 52.4 Å². The fraction of sp³-hybridized carbons (Fsp3) is 0.882. The number of amides is 2. The summed E-state index contributed by atoms with van der Waals surface area (Å²) in [4.78, 5) is 29.0. The third kappa shape index (κ3) is 3.09. The molecule has 4 heteroatoms. The van der Waals surface area contributed by atoms with Crippen molar-refractivity contribution in [3.8, 4) is 0 Å². The van der Waals surface area contributed by atoms with Crippen molar-refractivity contribution in [2.45, 2.75) is 58.4 Å². The van der Waals surface area contributed by atoms with Gasteiger partial charge in [-0.1, -0.05) is 26.7 Å². The third-order valence-electron chi connectivity index (χ3n) is 5.45. The molecule has 2 saturated heterocycles. The van der Waals surface area contributed by atoms with E-state index in [1.807, 2.05) is 9.80 Å². The first-order valence-electron chi connectivity index (χ1n) is 8.63. The summed E-state index contributed by atoms with van der Waals surface area (Å²) in [7, 11) is 0. The highest BCUT2D eigenvalue weighted by Gasteiger charge is 2.41. The minimum atomic E-state index is -0.0874. The van der Waals surface area contributed by atoms with Crippen LogP contribution in [-0.4, -0.2) is 47.3 Å². The number of hydrogen-bond donors (Lipinski definition) is 0. The molecule has 0 N–H and O–H groups in total. The molecule has 3 rings (SSSR count). The van der Waals surface area contributed by atoms with E-state index in [4.69, 9.17) is 0 Å². The van der Waals surface area contributed by atoms with Crippen molar-refractivity contribution in [3.63, 3.8) is 0 Å². The van der Waals surface area contributed by atoms with Gasteiger partial charge in [0.05, 0.1) is 5.92 Å². The number of carbonyl (C=O) groups excluding carboxylic acids is 2. The summed E-state index contributed by atoms with van der Waals surface area (Å²) in [6.07, 6.45) is 6.37. The van der Waals surface area contributed by atoms with Crippen molar-refractivity contribution in [2.24, 2.45) is 17.8 Å². The van der Waals surface area contributed by atoms with E-state index < -0.39 is 0 Å². The Kier molecular flexibility index (Phi) is 4.23. The molecule has 21 heavy (non-hydrogen) atoms. The molecule has 2 heterocycles. The van der Waals surface area contributed by atoms with Gasteiger partial charge in [0.15, 0.2) is 0 Å². The van der Waals surface area contributed by atoms with Gasteiger partial charge >= 0.3 is 0 Å². The molecule has 0 radical (unpaired) electrons. The average Bonchev–Trinajstić information content (AvgIpc) is 3.05. The summed E-state index contributed by atoms with van der Waals surface area (Å²) in [6.45, 7) is 6.86. The number of hydrogen-bond acceptors (Lipinski definition) is 2. The van der Waals surface area contributed by atoms with Gasteiger partial charge in [-0.2, -0.15) is 0 Å². The maximum Gasteiger partial charge on any atom is 0.228 e. The zero-order chi connectivity index (χ0) is 15.0. The van der Waals surface area contributed by atoms with Crippen LogP contribution in [0.2, 0.25) is 0 Å². The summed E-state index contributed by atoms with van der Waals surface area (Å²) < 4.78 is 0. The first kappa shape index (κ1) is 14.9. The van der Waals surface area contributed by atoms with Crippen molar-refractivity contribution in [1.82, 2.24) is 9.80 Å². The van der Waals surface area contributed by atoms with E-state index in [1.165, 1.54) is 19.3 Å². The third-order valence-corrected chi connectivity index (χ3v) is 5.45. The van der Waals surface area contributed by atoms with Gasteiger partial charge in [-0.3, -0.25) is 9.59 Å². The van der Waals surface area contributed by atoms with Gasteiger partial charge < -0.3 is 9.80 Å². The molecule has 0 spiro atoms. The normalized spacial score (nSPS) is 34.8. The maximum absolute atomic E-state index is 12.7. The topological polar surface area (TPSA) is 40.6 Å². The molecule has 2 amide bonds. The molecule has 0 bridgehead atoms. The van der Waals surface area contributed by atoms with E-state index in [0.29, 0.717) is 30.8 Å². The Morgan fingerprint density at radius 1 is 1.05 bits per heavy atom. The second-order valence-electron chi connectivity index (χ2n) is 7.57. The highest BCUT2D eigenvalue weighted by atomic mass is 16.2. The van der Waals surface area contributed by atoms with Crippen LogP contribution in [0.3, 0.4) is 0 Å². The molecule has 4 nitrogen and oxygen atoms in total. The minimum Gasteiger partial charge on any atom is -0.342 e. The van der Waals surface area contributed by atoms with Crippen molar-refractivity contribution in [1.29, 1.82) is 0 Å². The lowest BCUT2D eigenvalue weighted by molar-refractivity contribution is -0.138. The van der Waals surface area contributed by atoms with Gasteiger partial charge in [-0.25, -0.2) is 0 Å². The molecule has 2 aliphatic heterocycles. The van der Waals surface area contributed by atoms with Crippen molar-refractivity contribution < 1.29 is 9.59 Å². The fourth-order valence-corrected chi connectivity index (χ4v) is 4.57. The van der Waals surface area contributed by atoms with E-state index in [2.05, 4.69) is 13.8 Å². The number of rotatable bonds is 2. The van der Waals surface area contributed by atoms with Crippen LogP contribution in [0.5, 0.6) is 0 Å². The van der Waals surface area contributed by atoms with Crippen molar-refractivity contribution in [3.05, 3.63) is 0 Å². The molecule has 0 aromatic heterocycles. The first-order valence-corrected chi connectivity index (χ1v) is 8.63. The summed E-state index contributed by atoms with van der Waals surface area (Å²) in [5.74, 6) is 1.51. The highest BCUT2D eigenvalue weighted by Crippen LogP contribution is 2.31. The Morgan fingerprint density at radius 3 is 2.29 bits per heavy atom. The lowest BCUT2D eigenvalue weighted by Crippen LogP contribution is -2.46. The Bertz CT molecular complexity index is 407. The second kappa shape index (κ2) is 5.98. The molecule has 118 valence electrons. The molecule has 3 aliphatic rings. The maximum atomic E-state index is 12.7. The molecule has 3 atom stereocenters. The molecule has 1 saturated carbocycles. The number of nitrogens with zero attached hydrogens (tertiary/aromatic N) is 2. The number of piperidine rings is 1. The number of carbonyl (C=O) groups is 2. The van der Waals surface area contributed by atoms with Crippen LogP contribution in [0, 0.1) is 17.8 Å². The van der Waals surface area contributed by atoms with E-state index in [1.54, 1.807) is 0 Å². The smallest absolute Gasteiger partial charge is 0.228 e. The highest BCUT2D eigenvalue weighted by molar-refractivity contribution is 5.89. The molecule has 3 unspecified atom stereocenters. The molecule has 1 aliphatic carbocycles. The largest absolute Gasteiger partial charge is 0.342 e. The zero-order valence-electron chi connectivity index (χ0n) is 13.4. The van der Waals surface area contributed by atoms with E-state index in [9.17, 15) is 9.59 Å². The molecule has 3 fully saturated rings. The van der Waals surface area contributed by atoms with Crippen LogP contribution in [0.4, 0.5) is 0 Å². The lowest BCUT2D eigenvalue weighted by Gasteiger charge is -2.36. The van der Waals surface area contributed by atoms with Gasteiger partial charge in [0.2, 0.25) is 11.8 Å². The summed E-state index contributed by atoms with van der Waals surface area (Å²) in [6, 6.07) is 0.412. The Balaban J connectivity index is 1.62. The van der Waals surface area contributed by atoms with Gasteiger partial charge in [0.1, 0.15) is 0 Å². The van der Waals surface area contributed by atoms with Crippen LogP contribution < -0.4 is 0 Å².